The van der Waals surface area contributed by atoms with Crippen molar-refractivity contribution in [3.63, 3.8) is 0 Å². The maximum Gasteiger partial charge on any atom is 0.369 e. The Hall–Kier alpha value is -2.93. The molecule has 7 heteroatoms. The first-order chi connectivity index (χ1) is 15.6. The predicted octanol–water partition coefficient (Wildman–Crippen LogP) is 4.88. The number of hydrogen-bond acceptors (Lipinski definition) is 5. The van der Waals surface area contributed by atoms with Gasteiger partial charge in [-0.05, 0) is 79.9 Å². The number of carbonyl (C=O) groups excluding carboxylic acids is 1. The van der Waals surface area contributed by atoms with Crippen LogP contribution in [0.4, 0.5) is 0 Å². The van der Waals surface area contributed by atoms with Crippen LogP contribution in [0.2, 0.25) is 0 Å². The summed E-state index contributed by atoms with van der Waals surface area (Å²) < 4.78 is 1.82. The van der Waals surface area contributed by atoms with Crippen molar-refractivity contribution in [1.29, 1.82) is 0 Å². The summed E-state index contributed by atoms with van der Waals surface area (Å²) in [5, 5.41) is 10.8. The summed E-state index contributed by atoms with van der Waals surface area (Å²) in [7, 11) is 0. The van der Waals surface area contributed by atoms with Crippen LogP contribution < -0.4 is 5.73 Å². The van der Waals surface area contributed by atoms with E-state index in [-0.39, 0.29) is 11.3 Å². The highest BCUT2D eigenvalue weighted by Crippen LogP contribution is 2.60. The van der Waals surface area contributed by atoms with Crippen molar-refractivity contribution in [3.05, 3.63) is 70.2 Å². The van der Waals surface area contributed by atoms with E-state index in [1.807, 2.05) is 58.7 Å². The molecule has 1 aromatic carbocycles. The lowest BCUT2D eigenvalue weighted by Crippen LogP contribution is -2.49. The third-order valence-corrected chi connectivity index (χ3v) is 8.39. The third kappa shape index (κ3) is 3.35. The van der Waals surface area contributed by atoms with Crippen molar-refractivity contribution in [2.75, 3.05) is 0 Å². The second kappa shape index (κ2) is 7.59. The molecule has 4 aliphatic carbocycles. The number of thiophene rings is 1. The van der Waals surface area contributed by atoms with E-state index in [1.54, 1.807) is 0 Å². The normalized spacial score (nSPS) is 28.8. The van der Waals surface area contributed by atoms with Crippen LogP contribution in [0, 0.1) is 17.8 Å². The molecule has 6 nitrogen and oxygen atoms in total. The fourth-order valence-electron chi connectivity index (χ4n) is 6.64. The van der Waals surface area contributed by atoms with E-state index in [1.165, 1.54) is 30.6 Å². The van der Waals surface area contributed by atoms with Crippen LogP contribution in [0.5, 0.6) is 0 Å². The van der Waals surface area contributed by atoms with E-state index < -0.39 is 5.97 Å². The maximum absolute atomic E-state index is 13.2. The Morgan fingerprint density at radius 3 is 2.38 bits per heavy atom. The van der Waals surface area contributed by atoms with Gasteiger partial charge in [0.2, 0.25) is 0 Å². The van der Waals surface area contributed by atoms with Crippen molar-refractivity contribution in [2.24, 2.45) is 28.6 Å². The zero-order valence-corrected chi connectivity index (χ0v) is 18.6. The van der Waals surface area contributed by atoms with Gasteiger partial charge in [0.15, 0.2) is 5.84 Å². The fourth-order valence-corrected chi connectivity index (χ4v) is 7.26. The number of benzene rings is 1. The average molecular weight is 447 g/mol. The van der Waals surface area contributed by atoms with Crippen LogP contribution in [0.25, 0.3) is 5.69 Å². The van der Waals surface area contributed by atoms with Crippen molar-refractivity contribution < 1.29 is 9.63 Å². The van der Waals surface area contributed by atoms with Crippen molar-refractivity contribution in [2.45, 2.75) is 43.9 Å². The lowest BCUT2D eigenvalue weighted by molar-refractivity contribution is -0.00818. The van der Waals surface area contributed by atoms with Crippen LogP contribution in [-0.2, 0) is 10.3 Å². The summed E-state index contributed by atoms with van der Waals surface area (Å²) in [6, 6.07) is 13.7. The van der Waals surface area contributed by atoms with E-state index in [4.69, 9.17) is 15.7 Å². The van der Waals surface area contributed by atoms with E-state index >= 15 is 0 Å². The number of oxime groups is 1. The molecular weight excluding hydrogens is 420 g/mol. The Morgan fingerprint density at radius 1 is 1.06 bits per heavy atom. The van der Waals surface area contributed by atoms with Crippen LogP contribution in [0.1, 0.15) is 59.5 Å². The van der Waals surface area contributed by atoms with Gasteiger partial charge in [-0.25, -0.2) is 9.48 Å². The molecule has 4 saturated carbocycles. The largest absolute Gasteiger partial charge is 0.380 e. The molecule has 4 bridgehead atoms. The van der Waals surface area contributed by atoms with Crippen molar-refractivity contribution >= 4 is 23.1 Å². The van der Waals surface area contributed by atoms with Gasteiger partial charge in [-0.15, -0.1) is 11.3 Å². The minimum absolute atomic E-state index is 0.0356. The molecule has 2 N–H and O–H groups in total. The molecule has 0 atom stereocenters. The molecule has 32 heavy (non-hydrogen) atoms. The predicted molar refractivity (Wildman–Crippen MR) is 124 cm³/mol. The molecule has 3 aromatic rings. The Balaban J connectivity index is 1.38. The minimum atomic E-state index is -0.488. The van der Waals surface area contributed by atoms with E-state index in [0.29, 0.717) is 5.56 Å². The lowest BCUT2D eigenvalue weighted by atomic mass is 9.48. The second-order valence-electron chi connectivity index (χ2n) is 9.70. The second-order valence-corrected chi connectivity index (χ2v) is 10.6. The first kappa shape index (κ1) is 19.7. The van der Waals surface area contributed by atoms with Crippen LogP contribution >= 0.6 is 11.3 Å². The molecule has 164 valence electrons. The maximum atomic E-state index is 13.2. The van der Waals surface area contributed by atoms with Crippen LogP contribution in [0.15, 0.2) is 59.2 Å². The van der Waals surface area contributed by atoms with Gasteiger partial charge in [0.25, 0.3) is 0 Å². The molecule has 2 aromatic heterocycles. The summed E-state index contributed by atoms with van der Waals surface area (Å²) in [5.41, 5.74) is 8.30. The Morgan fingerprint density at radius 2 is 1.75 bits per heavy atom. The van der Waals surface area contributed by atoms with E-state index in [9.17, 15) is 4.79 Å². The number of nitrogens with zero attached hydrogens (tertiary/aromatic N) is 3. The first-order valence-electron chi connectivity index (χ1n) is 11.3. The van der Waals surface area contributed by atoms with Crippen LogP contribution in [-0.4, -0.2) is 21.6 Å². The zero-order chi connectivity index (χ0) is 21.7. The number of nitrogens with two attached hydrogens (primary N) is 1. The molecule has 0 saturated heterocycles. The topological polar surface area (TPSA) is 82.5 Å². The van der Waals surface area contributed by atoms with Gasteiger partial charge in [-0.3, -0.25) is 0 Å². The quantitative estimate of drug-likeness (QED) is 0.262. The highest BCUT2D eigenvalue weighted by Gasteiger charge is 2.54. The number of amidine groups is 1. The smallest absolute Gasteiger partial charge is 0.369 e. The molecule has 4 aliphatic rings. The first-order valence-corrected chi connectivity index (χ1v) is 12.2. The summed E-state index contributed by atoms with van der Waals surface area (Å²) in [4.78, 5) is 19.4. The van der Waals surface area contributed by atoms with E-state index in [0.717, 1.165) is 53.3 Å². The van der Waals surface area contributed by atoms with Gasteiger partial charge in [0, 0.05) is 11.6 Å². The fraction of sp³-hybridized carbons (Fsp3) is 0.400. The van der Waals surface area contributed by atoms with Crippen molar-refractivity contribution in [3.8, 4) is 5.69 Å². The standard InChI is InChI=1S/C25H26N4O2S/c26-23(21-7-4-8-32-21)28-31-24(30)20-15-29(19-5-2-1-3-6-19)27-22(20)25-12-16-9-17(13-25)11-18(10-16)14-25/h1-8,15-18H,9-14H2,(H2,26,28). The molecule has 0 unspecified atom stereocenters. The van der Waals surface area contributed by atoms with Gasteiger partial charge in [0.05, 0.1) is 16.3 Å². The summed E-state index contributed by atoms with van der Waals surface area (Å²) in [6.45, 7) is 0. The van der Waals surface area contributed by atoms with Crippen molar-refractivity contribution in [1.82, 2.24) is 9.78 Å². The summed E-state index contributed by atoms with van der Waals surface area (Å²) >= 11 is 1.46. The molecule has 4 fully saturated rings. The molecule has 7 rings (SSSR count). The number of carbonyl (C=O) groups is 1. The summed E-state index contributed by atoms with van der Waals surface area (Å²) in [6.07, 6.45) is 9.16. The number of rotatable bonds is 5. The lowest BCUT2D eigenvalue weighted by Gasteiger charge is -2.56. The molecule has 0 spiro atoms. The SMILES string of the molecule is N/C(=N\OC(=O)c1cn(-c2ccccc2)nc1C12CC3CC(CC(C3)C1)C2)c1cccs1. The monoisotopic (exact) mass is 446 g/mol. The minimum Gasteiger partial charge on any atom is -0.380 e. The van der Waals surface area contributed by atoms with E-state index in [2.05, 4.69) is 5.16 Å². The highest BCUT2D eigenvalue weighted by molar-refractivity contribution is 7.12. The van der Waals surface area contributed by atoms with Gasteiger partial charge in [-0.2, -0.15) is 5.10 Å². The van der Waals surface area contributed by atoms with Gasteiger partial charge in [0.1, 0.15) is 5.56 Å². The van der Waals surface area contributed by atoms with Gasteiger partial charge < -0.3 is 10.6 Å². The van der Waals surface area contributed by atoms with Gasteiger partial charge >= 0.3 is 5.97 Å². The molecule has 0 radical (unpaired) electrons. The molecular formula is C25H26N4O2S. The number of aromatic nitrogens is 2. The zero-order valence-electron chi connectivity index (χ0n) is 17.8. The Kier molecular flexibility index (Phi) is 4.68. The molecule has 2 heterocycles. The Labute approximate surface area is 191 Å². The average Bonchev–Trinajstić information content (AvgIpc) is 3.48. The van der Waals surface area contributed by atoms with Gasteiger partial charge in [-0.1, -0.05) is 29.4 Å². The number of para-hydroxylation sites is 1. The number of hydrogen-bond donors (Lipinski definition) is 1. The third-order valence-electron chi connectivity index (χ3n) is 7.50. The summed E-state index contributed by atoms with van der Waals surface area (Å²) in [5.74, 6) is 1.97. The highest BCUT2D eigenvalue weighted by atomic mass is 32.1. The van der Waals surface area contributed by atoms with Crippen LogP contribution in [0.3, 0.4) is 0 Å². The Bertz CT molecular complexity index is 1130. The molecule has 0 aliphatic heterocycles. The molecule has 0 amide bonds.